The van der Waals surface area contributed by atoms with E-state index in [0.717, 1.165) is 30.5 Å². The van der Waals surface area contributed by atoms with Crippen LogP contribution < -0.4 is 0 Å². The van der Waals surface area contributed by atoms with Crippen LogP contribution in [-0.2, 0) is 29.1 Å². The fourth-order valence-corrected chi connectivity index (χ4v) is 5.14. The first-order valence-corrected chi connectivity index (χ1v) is 13.3. The van der Waals surface area contributed by atoms with Gasteiger partial charge >= 0.3 is 6.09 Å². The summed E-state index contributed by atoms with van der Waals surface area (Å²) in [4.78, 5) is 17.4. The number of fused-ring (bicyclic) bond motifs is 1. The van der Waals surface area contributed by atoms with Crippen LogP contribution in [0.15, 0.2) is 91.1 Å². The number of pyridine rings is 1. The number of aryl methyl sites for hydroxylation is 1. The standard InChI is InChI=1S/C32H34N2O4/c35-32(36)34-18-16-30(31(21-34)38-22-25-12-13-26-7-1-2-8-28(26)20-25)27-14-10-24(11-15-27)6-5-19-37-23-29-9-3-4-17-33-29/h1-4,7-15,17,20,30-31H,5-6,16,18-19,21-23H2,(H,35,36). The molecular weight excluding hydrogens is 476 g/mol. The number of benzene rings is 3. The van der Waals surface area contributed by atoms with Crippen molar-refractivity contribution in [3.63, 3.8) is 0 Å². The molecule has 1 amide bonds. The summed E-state index contributed by atoms with van der Waals surface area (Å²) >= 11 is 0. The van der Waals surface area contributed by atoms with Crippen LogP contribution in [0.3, 0.4) is 0 Å². The Morgan fingerprint density at radius 2 is 1.71 bits per heavy atom. The van der Waals surface area contributed by atoms with Gasteiger partial charge in [0.15, 0.2) is 0 Å². The zero-order valence-electron chi connectivity index (χ0n) is 21.5. The lowest BCUT2D eigenvalue weighted by molar-refractivity contribution is -0.0199. The second kappa shape index (κ2) is 12.7. The minimum Gasteiger partial charge on any atom is -0.465 e. The fourth-order valence-electron chi connectivity index (χ4n) is 5.14. The summed E-state index contributed by atoms with van der Waals surface area (Å²) in [6, 6.07) is 29.2. The summed E-state index contributed by atoms with van der Waals surface area (Å²) in [5.74, 6) is 0.154. The van der Waals surface area contributed by atoms with E-state index >= 15 is 0 Å². The average molecular weight is 511 g/mol. The first-order chi connectivity index (χ1) is 18.7. The van der Waals surface area contributed by atoms with Gasteiger partial charge < -0.3 is 19.5 Å². The first-order valence-electron chi connectivity index (χ1n) is 13.3. The van der Waals surface area contributed by atoms with Crippen LogP contribution in [0.25, 0.3) is 10.8 Å². The number of nitrogens with zero attached hydrogens (tertiary/aromatic N) is 2. The number of carboxylic acid groups (broad SMARTS) is 1. The minimum absolute atomic E-state index is 0.154. The second-order valence-electron chi connectivity index (χ2n) is 9.87. The molecule has 0 saturated carbocycles. The number of piperidine rings is 1. The van der Waals surface area contributed by atoms with Crippen LogP contribution in [0.1, 0.15) is 41.1 Å². The van der Waals surface area contributed by atoms with Gasteiger partial charge in [0.05, 0.1) is 31.6 Å². The van der Waals surface area contributed by atoms with E-state index < -0.39 is 6.09 Å². The van der Waals surface area contributed by atoms with Crippen molar-refractivity contribution >= 4 is 16.9 Å². The van der Waals surface area contributed by atoms with Crippen molar-refractivity contribution in [2.75, 3.05) is 19.7 Å². The topological polar surface area (TPSA) is 71.9 Å². The first kappa shape index (κ1) is 25.9. The van der Waals surface area contributed by atoms with Crippen LogP contribution in [0.5, 0.6) is 0 Å². The molecule has 1 fully saturated rings. The largest absolute Gasteiger partial charge is 0.465 e. The minimum atomic E-state index is -0.886. The van der Waals surface area contributed by atoms with Crippen LogP contribution in [-0.4, -0.2) is 46.9 Å². The number of rotatable bonds is 10. The zero-order valence-corrected chi connectivity index (χ0v) is 21.5. The molecule has 3 aromatic carbocycles. The Labute approximate surface area is 223 Å². The molecule has 0 radical (unpaired) electrons. The van der Waals surface area contributed by atoms with E-state index in [4.69, 9.17) is 9.47 Å². The van der Waals surface area contributed by atoms with Crippen LogP contribution in [0.4, 0.5) is 4.79 Å². The summed E-state index contributed by atoms with van der Waals surface area (Å²) in [5, 5.41) is 12.0. The number of amides is 1. The Kier molecular flexibility index (Phi) is 8.64. The predicted molar refractivity (Wildman–Crippen MR) is 148 cm³/mol. The molecule has 1 saturated heterocycles. The smallest absolute Gasteiger partial charge is 0.407 e. The van der Waals surface area contributed by atoms with Crippen molar-refractivity contribution in [3.8, 4) is 0 Å². The lowest BCUT2D eigenvalue weighted by Gasteiger charge is -2.37. The molecule has 1 N–H and O–H groups in total. The normalized spacial score (nSPS) is 17.5. The van der Waals surface area contributed by atoms with Gasteiger partial charge in [-0.15, -0.1) is 0 Å². The average Bonchev–Trinajstić information content (AvgIpc) is 2.96. The quantitative estimate of drug-likeness (QED) is 0.249. The van der Waals surface area contributed by atoms with Crippen molar-refractivity contribution in [3.05, 3.63) is 114 Å². The third-order valence-electron chi connectivity index (χ3n) is 7.25. The van der Waals surface area contributed by atoms with Crippen LogP contribution >= 0.6 is 0 Å². The van der Waals surface area contributed by atoms with E-state index in [-0.39, 0.29) is 12.0 Å². The Hall–Kier alpha value is -3.74. The maximum atomic E-state index is 11.7. The molecule has 0 bridgehead atoms. The molecule has 6 nitrogen and oxygen atoms in total. The molecule has 2 heterocycles. The highest BCUT2D eigenvalue weighted by molar-refractivity contribution is 5.82. The molecule has 1 aliphatic rings. The SMILES string of the molecule is O=C(O)N1CCC(c2ccc(CCCOCc3ccccn3)cc2)C(OCc2ccc3ccccc3c2)C1. The lowest BCUT2D eigenvalue weighted by Crippen LogP contribution is -2.46. The molecule has 1 aromatic heterocycles. The summed E-state index contributed by atoms with van der Waals surface area (Å²) in [7, 11) is 0. The molecule has 5 rings (SSSR count). The van der Waals surface area contributed by atoms with Crippen molar-refractivity contribution in [2.24, 2.45) is 0 Å². The molecule has 2 unspecified atom stereocenters. The molecule has 1 aliphatic heterocycles. The van der Waals surface area contributed by atoms with Gasteiger partial charge in [-0.1, -0.05) is 66.7 Å². The monoisotopic (exact) mass is 510 g/mol. The van der Waals surface area contributed by atoms with E-state index in [1.807, 2.05) is 30.3 Å². The van der Waals surface area contributed by atoms with Gasteiger partial charge in [0, 0.05) is 25.3 Å². The molecule has 6 heteroatoms. The van der Waals surface area contributed by atoms with Gasteiger partial charge in [-0.2, -0.15) is 0 Å². The second-order valence-corrected chi connectivity index (χ2v) is 9.87. The van der Waals surface area contributed by atoms with E-state index in [1.165, 1.54) is 26.8 Å². The van der Waals surface area contributed by atoms with Crippen molar-refractivity contribution in [1.82, 2.24) is 9.88 Å². The van der Waals surface area contributed by atoms with E-state index in [0.29, 0.717) is 32.9 Å². The highest BCUT2D eigenvalue weighted by Gasteiger charge is 2.33. The van der Waals surface area contributed by atoms with Gasteiger partial charge in [0.25, 0.3) is 0 Å². The van der Waals surface area contributed by atoms with Gasteiger partial charge in [0.1, 0.15) is 0 Å². The van der Waals surface area contributed by atoms with E-state index in [2.05, 4.69) is 59.6 Å². The molecular formula is C32H34N2O4. The number of likely N-dealkylation sites (tertiary alicyclic amines) is 1. The van der Waals surface area contributed by atoms with Crippen molar-refractivity contribution in [2.45, 2.75) is 44.5 Å². The van der Waals surface area contributed by atoms with E-state index in [1.54, 1.807) is 6.20 Å². The Bertz CT molecular complexity index is 1330. The number of hydrogen-bond acceptors (Lipinski definition) is 4. The van der Waals surface area contributed by atoms with Crippen LogP contribution in [0, 0.1) is 0 Å². The van der Waals surface area contributed by atoms with Crippen molar-refractivity contribution in [1.29, 1.82) is 0 Å². The van der Waals surface area contributed by atoms with Gasteiger partial charge in [-0.05, 0) is 64.9 Å². The Morgan fingerprint density at radius 3 is 2.50 bits per heavy atom. The Morgan fingerprint density at radius 1 is 0.921 bits per heavy atom. The lowest BCUT2D eigenvalue weighted by atomic mass is 9.86. The van der Waals surface area contributed by atoms with Gasteiger partial charge in [-0.3, -0.25) is 4.98 Å². The molecule has 4 aromatic rings. The molecule has 0 spiro atoms. The van der Waals surface area contributed by atoms with Gasteiger partial charge in [0.2, 0.25) is 0 Å². The number of hydrogen-bond donors (Lipinski definition) is 1. The summed E-state index contributed by atoms with van der Waals surface area (Å²) in [6.07, 6.45) is 3.34. The number of aromatic nitrogens is 1. The fraction of sp³-hybridized carbons (Fsp3) is 0.312. The zero-order chi connectivity index (χ0) is 26.2. The highest BCUT2D eigenvalue weighted by Crippen LogP contribution is 2.32. The molecule has 38 heavy (non-hydrogen) atoms. The predicted octanol–water partition coefficient (Wildman–Crippen LogP) is 6.44. The molecule has 2 atom stereocenters. The summed E-state index contributed by atoms with van der Waals surface area (Å²) in [5.41, 5.74) is 4.51. The van der Waals surface area contributed by atoms with Crippen molar-refractivity contribution < 1.29 is 19.4 Å². The van der Waals surface area contributed by atoms with Crippen LogP contribution in [0.2, 0.25) is 0 Å². The Balaban J connectivity index is 1.17. The maximum absolute atomic E-state index is 11.7. The number of carbonyl (C=O) groups is 1. The third-order valence-corrected chi connectivity index (χ3v) is 7.25. The summed E-state index contributed by atoms with van der Waals surface area (Å²) in [6.45, 7) is 2.58. The molecule has 0 aliphatic carbocycles. The highest BCUT2D eigenvalue weighted by atomic mass is 16.5. The maximum Gasteiger partial charge on any atom is 0.407 e. The molecule has 196 valence electrons. The van der Waals surface area contributed by atoms with Gasteiger partial charge in [-0.25, -0.2) is 4.79 Å². The number of ether oxygens (including phenoxy) is 2. The van der Waals surface area contributed by atoms with E-state index in [9.17, 15) is 9.90 Å². The third kappa shape index (κ3) is 6.77. The summed E-state index contributed by atoms with van der Waals surface area (Å²) < 4.78 is 12.2.